The van der Waals surface area contributed by atoms with Gasteiger partial charge in [0.15, 0.2) is 0 Å². The average Bonchev–Trinajstić information content (AvgIpc) is 3.46. The lowest BCUT2D eigenvalue weighted by Gasteiger charge is -2.16. The first-order valence-electron chi connectivity index (χ1n) is 12.2. The molecule has 0 aliphatic heterocycles. The normalized spacial score (nSPS) is 11.8. The zero-order valence-electron chi connectivity index (χ0n) is 21.4. The summed E-state index contributed by atoms with van der Waals surface area (Å²) >= 11 is 0. The average molecular weight is 501 g/mol. The van der Waals surface area contributed by atoms with Crippen molar-refractivity contribution >= 4 is 39.4 Å². The van der Waals surface area contributed by atoms with E-state index in [0.29, 0.717) is 11.6 Å². The smallest absolute Gasteiger partial charge is 0.241 e. The molecule has 9 heteroatoms. The first-order chi connectivity index (χ1) is 18.3. The van der Waals surface area contributed by atoms with Gasteiger partial charge >= 0.3 is 0 Å². The van der Waals surface area contributed by atoms with Crippen molar-refractivity contribution in [1.82, 2.24) is 29.1 Å². The van der Waals surface area contributed by atoms with E-state index in [2.05, 4.69) is 37.2 Å². The molecular formula is C29H24N8O. The predicted molar refractivity (Wildman–Crippen MR) is 146 cm³/mol. The number of aromatic nitrogens is 6. The fraction of sp³-hybridized carbons (Fsp3) is 0.172. The molecule has 0 bridgehead atoms. The summed E-state index contributed by atoms with van der Waals surface area (Å²) in [5.41, 5.74) is 5.85. The van der Waals surface area contributed by atoms with Crippen molar-refractivity contribution < 1.29 is 4.79 Å². The Morgan fingerprint density at radius 1 is 0.974 bits per heavy atom. The molecule has 0 radical (unpaired) electrons. The van der Waals surface area contributed by atoms with Crippen molar-refractivity contribution in [3.8, 4) is 22.9 Å². The highest BCUT2D eigenvalue weighted by Gasteiger charge is 2.22. The molecule has 6 rings (SSSR count). The second-order valence-corrected chi connectivity index (χ2v) is 9.84. The molecule has 0 fully saturated rings. The van der Waals surface area contributed by atoms with Gasteiger partial charge < -0.3 is 5.32 Å². The Hall–Kier alpha value is -5.10. The van der Waals surface area contributed by atoms with Crippen LogP contribution in [-0.2, 0) is 10.2 Å². The van der Waals surface area contributed by atoms with Gasteiger partial charge in [-0.25, -0.2) is 4.98 Å². The second-order valence-electron chi connectivity index (χ2n) is 9.84. The fourth-order valence-corrected chi connectivity index (χ4v) is 4.78. The van der Waals surface area contributed by atoms with Crippen LogP contribution in [0.1, 0.15) is 32.2 Å². The van der Waals surface area contributed by atoms with Gasteiger partial charge in [-0.1, -0.05) is 18.2 Å². The third-order valence-electron chi connectivity index (χ3n) is 6.82. The molecule has 4 aromatic heterocycles. The number of rotatable bonds is 4. The van der Waals surface area contributed by atoms with E-state index in [-0.39, 0.29) is 5.91 Å². The number of carbonyl (C=O) groups is 1. The lowest BCUT2D eigenvalue weighted by atomic mass is 9.86. The number of fused-ring (bicyclic) bond motifs is 5. The molecule has 0 saturated carbocycles. The van der Waals surface area contributed by atoms with E-state index in [4.69, 9.17) is 4.98 Å². The van der Waals surface area contributed by atoms with Gasteiger partial charge in [-0.3, -0.25) is 18.7 Å². The van der Waals surface area contributed by atoms with Crippen molar-refractivity contribution in [3.63, 3.8) is 0 Å². The van der Waals surface area contributed by atoms with Crippen LogP contribution in [0.2, 0.25) is 0 Å². The maximum absolute atomic E-state index is 11.4. The molecule has 0 saturated heterocycles. The summed E-state index contributed by atoms with van der Waals surface area (Å²) in [6.45, 7) is 7.19. The minimum Gasteiger partial charge on any atom is -0.311 e. The van der Waals surface area contributed by atoms with E-state index in [1.807, 2.05) is 73.8 Å². The Balaban J connectivity index is 1.58. The molecule has 0 spiro atoms. The van der Waals surface area contributed by atoms with E-state index in [9.17, 15) is 10.1 Å². The Bertz CT molecular complexity index is 1910. The number of carbonyl (C=O) groups excluding carboxylic acids is 1. The molecule has 9 nitrogen and oxygen atoms in total. The maximum atomic E-state index is 11.4. The zero-order chi connectivity index (χ0) is 26.6. The summed E-state index contributed by atoms with van der Waals surface area (Å²) in [4.78, 5) is 20.5. The lowest BCUT2D eigenvalue weighted by molar-refractivity contribution is -0.114. The summed E-state index contributed by atoms with van der Waals surface area (Å²) < 4.78 is 4.09. The second kappa shape index (κ2) is 8.49. The van der Waals surface area contributed by atoms with Gasteiger partial charge in [0.25, 0.3) is 0 Å². The molecule has 2 aromatic carbocycles. The standard InChI is InChI=1S/C29H24N8O/c1-17-34-35-28-36(17)25-15-31-24-11-5-19(20-6-12-26(32-14-20)33-18(2)38)13-23(24)27(25)37(28)22-9-7-21(8-10-22)29(3,4)16-30/h5-15H,1-4H3,(H,32,33,38). The highest BCUT2D eigenvalue weighted by molar-refractivity contribution is 6.06. The molecule has 1 amide bonds. The van der Waals surface area contributed by atoms with E-state index >= 15 is 0 Å². The largest absolute Gasteiger partial charge is 0.311 e. The van der Waals surface area contributed by atoms with Gasteiger partial charge in [-0.2, -0.15) is 5.26 Å². The minimum absolute atomic E-state index is 0.163. The van der Waals surface area contributed by atoms with Gasteiger partial charge in [0.05, 0.1) is 34.2 Å². The molecule has 0 aliphatic carbocycles. The molecule has 0 aliphatic rings. The number of nitrogens with one attached hydrogen (secondary N) is 1. The summed E-state index contributed by atoms with van der Waals surface area (Å²) in [7, 11) is 0. The van der Waals surface area contributed by atoms with Crippen LogP contribution in [0.15, 0.2) is 67.0 Å². The van der Waals surface area contributed by atoms with Crippen LogP contribution < -0.4 is 5.32 Å². The van der Waals surface area contributed by atoms with Gasteiger partial charge in [0, 0.05) is 29.8 Å². The quantitative estimate of drug-likeness (QED) is 0.349. The molecule has 6 aromatic rings. The van der Waals surface area contributed by atoms with Crippen molar-refractivity contribution in [2.75, 3.05) is 5.32 Å². The number of imidazole rings is 1. The molecule has 0 atom stereocenters. The first-order valence-corrected chi connectivity index (χ1v) is 12.2. The molecule has 38 heavy (non-hydrogen) atoms. The highest BCUT2D eigenvalue weighted by Crippen LogP contribution is 2.34. The van der Waals surface area contributed by atoms with Crippen LogP contribution in [0, 0.1) is 18.3 Å². The van der Waals surface area contributed by atoms with Crippen molar-refractivity contribution in [3.05, 3.63) is 78.4 Å². The number of pyridine rings is 2. The number of amides is 1. The van der Waals surface area contributed by atoms with E-state index in [1.165, 1.54) is 6.92 Å². The Morgan fingerprint density at radius 3 is 2.42 bits per heavy atom. The van der Waals surface area contributed by atoms with Crippen molar-refractivity contribution in [2.45, 2.75) is 33.1 Å². The lowest BCUT2D eigenvalue weighted by Crippen LogP contribution is -2.13. The summed E-state index contributed by atoms with van der Waals surface area (Å²) in [5.74, 6) is 1.79. The van der Waals surface area contributed by atoms with E-state index < -0.39 is 5.41 Å². The third-order valence-corrected chi connectivity index (χ3v) is 6.82. The SMILES string of the molecule is CC(=O)Nc1ccc(-c2ccc3ncc4c(c3c2)n(-c2ccc(C(C)(C)C#N)cc2)c2nnc(C)n42)cn1. The fourth-order valence-electron chi connectivity index (χ4n) is 4.78. The number of benzene rings is 2. The molecule has 186 valence electrons. The van der Waals surface area contributed by atoms with Crippen LogP contribution in [0.3, 0.4) is 0 Å². The minimum atomic E-state index is -0.590. The molecule has 1 N–H and O–H groups in total. The van der Waals surface area contributed by atoms with Crippen LogP contribution in [0.25, 0.3) is 44.5 Å². The Labute approximate surface area is 218 Å². The number of anilines is 1. The van der Waals surface area contributed by atoms with Gasteiger partial charge in [0.2, 0.25) is 11.7 Å². The topological polar surface area (TPSA) is 114 Å². The van der Waals surface area contributed by atoms with Crippen LogP contribution in [-0.4, -0.2) is 35.0 Å². The van der Waals surface area contributed by atoms with Crippen LogP contribution in [0.5, 0.6) is 0 Å². The molecule has 0 unspecified atom stereocenters. The summed E-state index contributed by atoms with van der Waals surface area (Å²) in [6.07, 6.45) is 3.60. The molecule has 4 heterocycles. The number of nitriles is 1. The number of aryl methyl sites for hydroxylation is 1. The van der Waals surface area contributed by atoms with E-state index in [1.54, 1.807) is 12.3 Å². The van der Waals surface area contributed by atoms with E-state index in [0.717, 1.165) is 50.1 Å². The highest BCUT2D eigenvalue weighted by atomic mass is 16.1. The maximum Gasteiger partial charge on any atom is 0.241 e. The van der Waals surface area contributed by atoms with Crippen LogP contribution in [0.4, 0.5) is 5.82 Å². The number of hydrogen-bond acceptors (Lipinski definition) is 6. The third kappa shape index (κ3) is 3.66. The van der Waals surface area contributed by atoms with Crippen LogP contribution >= 0.6 is 0 Å². The van der Waals surface area contributed by atoms with Gasteiger partial charge in [-0.15, -0.1) is 10.2 Å². The Kier molecular flexibility index (Phi) is 5.21. The van der Waals surface area contributed by atoms with Gasteiger partial charge in [-0.05, 0) is 68.3 Å². The molecular weight excluding hydrogens is 476 g/mol. The summed E-state index contributed by atoms with van der Waals surface area (Å²) in [6, 6.07) is 20.2. The van der Waals surface area contributed by atoms with Crippen molar-refractivity contribution in [2.24, 2.45) is 0 Å². The number of hydrogen-bond donors (Lipinski definition) is 1. The predicted octanol–water partition coefficient (Wildman–Crippen LogP) is 5.35. The number of nitrogens with zero attached hydrogens (tertiary/aromatic N) is 7. The summed E-state index contributed by atoms with van der Waals surface area (Å²) in [5, 5.41) is 22.0. The van der Waals surface area contributed by atoms with Gasteiger partial charge in [0.1, 0.15) is 11.6 Å². The first kappa shape index (κ1) is 23.3. The monoisotopic (exact) mass is 500 g/mol. The van der Waals surface area contributed by atoms with Crippen molar-refractivity contribution in [1.29, 1.82) is 5.26 Å². The Morgan fingerprint density at radius 2 is 1.74 bits per heavy atom. The zero-order valence-corrected chi connectivity index (χ0v) is 21.4.